The van der Waals surface area contributed by atoms with E-state index in [1.807, 2.05) is 11.9 Å². The number of aryl methyl sites for hydroxylation is 1. The fourth-order valence-corrected chi connectivity index (χ4v) is 3.35. The number of amides is 1. The van der Waals surface area contributed by atoms with Crippen molar-refractivity contribution < 1.29 is 9.18 Å². The third-order valence-corrected chi connectivity index (χ3v) is 4.77. The van der Waals surface area contributed by atoms with Gasteiger partial charge in [-0.1, -0.05) is 0 Å². The summed E-state index contributed by atoms with van der Waals surface area (Å²) in [5.41, 5.74) is 2.48. The molecule has 1 N–H and O–H groups in total. The summed E-state index contributed by atoms with van der Waals surface area (Å²) < 4.78 is 16.2. The summed E-state index contributed by atoms with van der Waals surface area (Å²) in [4.78, 5) is 24.0. The minimum absolute atomic E-state index is 0.00758. The average Bonchev–Trinajstić information content (AvgIpc) is 3.17. The molecular weight excluding hydrogens is 325 g/mol. The van der Waals surface area contributed by atoms with E-state index in [-0.39, 0.29) is 11.6 Å². The van der Waals surface area contributed by atoms with Crippen LogP contribution in [0.3, 0.4) is 0 Å². The SMILES string of the molecule is CC(=O)N1Cc2c(-c3nc(N4CCNCC4)ncc3F)nn(C)c2C1. The lowest BCUT2D eigenvalue weighted by Gasteiger charge is -2.27. The zero-order valence-corrected chi connectivity index (χ0v) is 14.3. The number of carbonyl (C=O) groups is 1. The molecule has 2 aliphatic rings. The predicted molar refractivity (Wildman–Crippen MR) is 89.2 cm³/mol. The van der Waals surface area contributed by atoms with Crippen LogP contribution in [0, 0.1) is 5.82 Å². The number of piperazine rings is 1. The number of nitrogens with zero attached hydrogens (tertiary/aromatic N) is 6. The predicted octanol–water partition coefficient (Wildman–Crippen LogP) is 0.288. The molecule has 2 aromatic heterocycles. The van der Waals surface area contributed by atoms with Crippen LogP contribution < -0.4 is 10.2 Å². The Morgan fingerprint density at radius 1 is 1.24 bits per heavy atom. The first-order valence-electron chi connectivity index (χ1n) is 8.33. The van der Waals surface area contributed by atoms with E-state index in [2.05, 4.69) is 20.4 Å². The Morgan fingerprint density at radius 3 is 2.72 bits per heavy atom. The smallest absolute Gasteiger partial charge is 0.226 e. The highest BCUT2D eigenvalue weighted by molar-refractivity contribution is 5.75. The topological polar surface area (TPSA) is 79.2 Å². The maximum atomic E-state index is 14.5. The van der Waals surface area contributed by atoms with Crippen LogP contribution >= 0.6 is 0 Å². The lowest BCUT2D eigenvalue weighted by molar-refractivity contribution is -0.129. The highest BCUT2D eigenvalue weighted by Gasteiger charge is 2.30. The van der Waals surface area contributed by atoms with Gasteiger partial charge in [-0.3, -0.25) is 9.48 Å². The molecule has 0 bridgehead atoms. The number of fused-ring (bicyclic) bond motifs is 1. The molecule has 1 fully saturated rings. The van der Waals surface area contributed by atoms with E-state index in [1.54, 1.807) is 9.58 Å². The van der Waals surface area contributed by atoms with Crippen LogP contribution in [-0.2, 0) is 24.9 Å². The first kappa shape index (κ1) is 15.9. The van der Waals surface area contributed by atoms with Gasteiger partial charge in [0.05, 0.1) is 25.0 Å². The van der Waals surface area contributed by atoms with Gasteiger partial charge >= 0.3 is 0 Å². The molecule has 0 atom stereocenters. The first-order valence-corrected chi connectivity index (χ1v) is 8.33. The molecule has 132 valence electrons. The Labute approximate surface area is 144 Å². The lowest BCUT2D eigenvalue weighted by Crippen LogP contribution is -2.44. The molecule has 0 radical (unpaired) electrons. The molecular formula is C16H20FN7O. The van der Waals surface area contributed by atoms with E-state index in [9.17, 15) is 9.18 Å². The molecule has 25 heavy (non-hydrogen) atoms. The Kier molecular flexibility index (Phi) is 3.87. The number of aromatic nitrogens is 4. The first-order chi connectivity index (χ1) is 12.0. The number of hydrogen-bond donors (Lipinski definition) is 1. The van der Waals surface area contributed by atoms with E-state index in [4.69, 9.17) is 0 Å². The van der Waals surface area contributed by atoms with Gasteiger partial charge in [-0.15, -0.1) is 0 Å². The van der Waals surface area contributed by atoms with Crippen molar-refractivity contribution in [3.63, 3.8) is 0 Å². The summed E-state index contributed by atoms with van der Waals surface area (Å²) >= 11 is 0. The van der Waals surface area contributed by atoms with Crippen molar-refractivity contribution in [1.29, 1.82) is 0 Å². The van der Waals surface area contributed by atoms with Gasteiger partial charge < -0.3 is 15.1 Å². The van der Waals surface area contributed by atoms with E-state index in [0.29, 0.717) is 24.7 Å². The zero-order valence-electron chi connectivity index (χ0n) is 14.3. The molecule has 4 heterocycles. The van der Waals surface area contributed by atoms with Crippen LogP contribution in [0.15, 0.2) is 6.20 Å². The summed E-state index contributed by atoms with van der Waals surface area (Å²) in [6, 6.07) is 0. The molecule has 0 saturated carbocycles. The largest absolute Gasteiger partial charge is 0.338 e. The quantitative estimate of drug-likeness (QED) is 0.843. The van der Waals surface area contributed by atoms with Crippen LogP contribution in [0.1, 0.15) is 18.2 Å². The van der Waals surface area contributed by atoms with E-state index in [0.717, 1.165) is 37.4 Å². The maximum absolute atomic E-state index is 14.5. The van der Waals surface area contributed by atoms with Crippen molar-refractivity contribution in [3.05, 3.63) is 23.3 Å². The molecule has 0 unspecified atom stereocenters. The number of carbonyl (C=O) groups excluding carboxylic acids is 1. The Hall–Kier alpha value is -2.55. The zero-order chi connectivity index (χ0) is 17.6. The second-order valence-electron chi connectivity index (χ2n) is 6.38. The van der Waals surface area contributed by atoms with E-state index >= 15 is 0 Å². The van der Waals surface area contributed by atoms with E-state index < -0.39 is 5.82 Å². The minimum atomic E-state index is -0.499. The summed E-state index contributed by atoms with van der Waals surface area (Å²) in [6.45, 7) is 5.72. The molecule has 2 aliphatic heterocycles. The molecule has 4 rings (SSSR count). The number of nitrogens with one attached hydrogen (secondary N) is 1. The highest BCUT2D eigenvalue weighted by atomic mass is 19.1. The number of anilines is 1. The van der Waals surface area contributed by atoms with Gasteiger partial charge in [0.15, 0.2) is 5.82 Å². The van der Waals surface area contributed by atoms with Gasteiger partial charge in [0.2, 0.25) is 11.9 Å². The molecule has 8 nitrogen and oxygen atoms in total. The fourth-order valence-electron chi connectivity index (χ4n) is 3.35. The van der Waals surface area contributed by atoms with Gasteiger partial charge in [0, 0.05) is 45.7 Å². The second kappa shape index (κ2) is 6.07. The second-order valence-corrected chi connectivity index (χ2v) is 6.38. The van der Waals surface area contributed by atoms with Crippen molar-refractivity contribution in [2.75, 3.05) is 31.1 Å². The van der Waals surface area contributed by atoms with E-state index in [1.165, 1.54) is 13.1 Å². The Bertz CT molecular complexity index is 828. The summed E-state index contributed by atoms with van der Waals surface area (Å²) in [5, 5.41) is 7.73. The van der Waals surface area contributed by atoms with Crippen LogP contribution in [-0.4, -0.2) is 56.7 Å². The number of halogens is 1. The van der Waals surface area contributed by atoms with Gasteiger partial charge in [-0.2, -0.15) is 5.10 Å². The third-order valence-electron chi connectivity index (χ3n) is 4.77. The van der Waals surface area contributed by atoms with Crippen molar-refractivity contribution in [1.82, 2.24) is 30.0 Å². The molecule has 1 amide bonds. The van der Waals surface area contributed by atoms with Crippen molar-refractivity contribution in [3.8, 4) is 11.4 Å². The molecule has 0 spiro atoms. The van der Waals surface area contributed by atoms with Gasteiger partial charge in [-0.05, 0) is 0 Å². The van der Waals surface area contributed by atoms with Crippen molar-refractivity contribution in [2.45, 2.75) is 20.0 Å². The third kappa shape index (κ3) is 2.74. The average molecular weight is 345 g/mol. The standard InChI is InChI=1S/C16H20FN7O/c1-10(25)24-8-11-13(9-24)22(2)21-14(11)15-12(17)7-19-16(20-15)23-5-3-18-4-6-23/h7,18H,3-6,8-9H2,1-2H3. The normalized spacial score (nSPS) is 17.1. The fraction of sp³-hybridized carbons (Fsp3) is 0.500. The van der Waals surface area contributed by atoms with Crippen LogP contribution in [0.25, 0.3) is 11.4 Å². The molecule has 2 aromatic rings. The highest BCUT2D eigenvalue weighted by Crippen LogP contribution is 2.32. The monoisotopic (exact) mass is 345 g/mol. The number of rotatable bonds is 2. The lowest BCUT2D eigenvalue weighted by atomic mass is 10.1. The summed E-state index contributed by atoms with van der Waals surface area (Å²) in [6.07, 6.45) is 1.21. The molecule has 1 saturated heterocycles. The van der Waals surface area contributed by atoms with Crippen LogP contribution in [0.2, 0.25) is 0 Å². The Morgan fingerprint density at radius 2 is 2.00 bits per heavy atom. The minimum Gasteiger partial charge on any atom is -0.338 e. The van der Waals surface area contributed by atoms with Crippen LogP contribution in [0.4, 0.5) is 10.3 Å². The van der Waals surface area contributed by atoms with Gasteiger partial charge in [0.25, 0.3) is 0 Å². The molecule has 0 aromatic carbocycles. The maximum Gasteiger partial charge on any atom is 0.226 e. The van der Waals surface area contributed by atoms with Crippen molar-refractivity contribution in [2.24, 2.45) is 7.05 Å². The van der Waals surface area contributed by atoms with Crippen LogP contribution in [0.5, 0.6) is 0 Å². The van der Waals surface area contributed by atoms with Crippen molar-refractivity contribution >= 4 is 11.9 Å². The molecule has 9 heteroatoms. The number of hydrogen-bond acceptors (Lipinski definition) is 6. The summed E-state index contributed by atoms with van der Waals surface area (Å²) in [5.74, 6) is 0.00611. The molecule has 0 aliphatic carbocycles. The summed E-state index contributed by atoms with van der Waals surface area (Å²) in [7, 11) is 1.81. The van der Waals surface area contributed by atoms with Gasteiger partial charge in [-0.25, -0.2) is 14.4 Å². The van der Waals surface area contributed by atoms with Gasteiger partial charge in [0.1, 0.15) is 11.4 Å². The Balaban J connectivity index is 1.73.